The van der Waals surface area contributed by atoms with Crippen LogP contribution in [0.15, 0.2) is 12.1 Å². The number of ether oxygens (including phenoxy) is 2. The number of rotatable bonds is 2. The van der Waals surface area contributed by atoms with Crippen LogP contribution in [0.4, 0.5) is 0 Å². The van der Waals surface area contributed by atoms with Crippen molar-refractivity contribution in [3.63, 3.8) is 0 Å². The first-order valence-corrected chi connectivity index (χ1v) is 8.83. The Labute approximate surface area is 145 Å². The first kappa shape index (κ1) is 20.7. The third-order valence-corrected chi connectivity index (χ3v) is 4.98. The smallest absolute Gasteiger partial charge is 0.161 e. The number of phenolic OH excluding ortho intramolecular Hbond substituents is 1. The summed E-state index contributed by atoms with van der Waals surface area (Å²) >= 11 is 0. The Morgan fingerprint density at radius 2 is 1.79 bits per heavy atom. The van der Waals surface area contributed by atoms with Crippen molar-refractivity contribution in [1.29, 1.82) is 0 Å². The van der Waals surface area contributed by atoms with Gasteiger partial charge in [-0.1, -0.05) is 19.9 Å². The maximum atomic E-state index is 10.4. The molecular weight excluding hydrogens is 306 g/mol. The Morgan fingerprint density at radius 1 is 1.12 bits per heavy atom. The molecule has 1 saturated carbocycles. The molecule has 0 spiro atoms. The van der Waals surface area contributed by atoms with Crippen molar-refractivity contribution in [2.75, 3.05) is 21.3 Å². The average Bonchev–Trinajstić information content (AvgIpc) is 2.64. The summed E-state index contributed by atoms with van der Waals surface area (Å²) in [5.74, 6) is 1.44. The number of methoxy groups -OCH3 is 2. The third kappa shape index (κ3) is 4.02. The monoisotopic (exact) mass is 339 g/mol. The van der Waals surface area contributed by atoms with Crippen LogP contribution in [0.25, 0.3) is 0 Å². The molecule has 3 rings (SSSR count). The van der Waals surface area contributed by atoms with Crippen molar-refractivity contribution in [1.82, 2.24) is 0 Å². The maximum absolute atomic E-state index is 10.4. The number of fused-ring (bicyclic) bond motifs is 3. The van der Waals surface area contributed by atoms with Gasteiger partial charge in [-0.05, 0) is 56.2 Å². The van der Waals surface area contributed by atoms with Crippen molar-refractivity contribution < 1.29 is 19.7 Å². The van der Waals surface area contributed by atoms with E-state index in [0.29, 0.717) is 18.1 Å². The number of aliphatic hydroxyl groups is 1. The SMILES string of the molecule is CC.CN.COc1ccc2c(c1O)C1CC(O)C(OC)CC1CC2. The fourth-order valence-corrected chi connectivity index (χ4v) is 3.92. The Hall–Kier alpha value is -1.30. The van der Waals surface area contributed by atoms with Gasteiger partial charge in [-0.3, -0.25) is 0 Å². The second kappa shape index (κ2) is 9.87. The lowest BCUT2D eigenvalue weighted by atomic mass is 9.66. The van der Waals surface area contributed by atoms with E-state index in [1.807, 2.05) is 26.0 Å². The second-order valence-electron chi connectivity index (χ2n) is 5.91. The van der Waals surface area contributed by atoms with E-state index in [-0.39, 0.29) is 17.8 Å². The van der Waals surface area contributed by atoms with E-state index in [1.165, 1.54) is 12.6 Å². The zero-order valence-electron chi connectivity index (χ0n) is 15.6. The van der Waals surface area contributed by atoms with E-state index in [2.05, 4.69) is 5.73 Å². The van der Waals surface area contributed by atoms with Crippen LogP contribution >= 0.6 is 0 Å². The molecule has 5 nitrogen and oxygen atoms in total. The van der Waals surface area contributed by atoms with Gasteiger partial charge in [0.25, 0.3) is 0 Å². The minimum Gasteiger partial charge on any atom is -0.504 e. The quantitative estimate of drug-likeness (QED) is 0.771. The lowest BCUT2D eigenvalue weighted by Crippen LogP contribution is -2.41. The zero-order chi connectivity index (χ0) is 18.3. The van der Waals surface area contributed by atoms with E-state index in [1.54, 1.807) is 14.2 Å². The maximum Gasteiger partial charge on any atom is 0.161 e. The molecule has 0 amide bonds. The number of hydrogen-bond acceptors (Lipinski definition) is 5. The average molecular weight is 339 g/mol. The third-order valence-electron chi connectivity index (χ3n) is 4.98. The molecular formula is C19H33NO4. The molecule has 0 bridgehead atoms. The minimum atomic E-state index is -0.460. The van der Waals surface area contributed by atoms with Crippen molar-refractivity contribution in [2.45, 2.75) is 57.7 Å². The van der Waals surface area contributed by atoms with E-state index in [0.717, 1.165) is 24.8 Å². The number of aliphatic hydroxyl groups excluding tert-OH is 1. The topological polar surface area (TPSA) is 84.9 Å². The first-order chi connectivity index (χ1) is 11.7. The summed E-state index contributed by atoms with van der Waals surface area (Å²) in [5, 5.41) is 20.7. The van der Waals surface area contributed by atoms with Crippen LogP contribution in [-0.2, 0) is 11.2 Å². The highest BCUT2D eigenvalue weighted by molar-refractivity contribution is 5.53. The Kier molecular flexibility index (Phi) is 8.53. The molecule has 1 aromatic rings. The molecule has 1 aromatic carbocycles. The van der Waals surface area contributed by atoms with E-state index in [9.17, 15) is 10.2 Å². The van der Waals surface area contributed by atoms with Crippen LogP contribution in [0.1, 0.15) is 50.2 Å². The number of benzene rings is 1. The molecule has 2 aliphatic carbocycles. The van der Waals surface area contributed by atoms with Gasteiger partial charge < -0.3 is 25.4 Å². The molecule has 0 heterocycles. The van der Waals surface area contributed by atoms with Crippen molar-refractivity contribution in [3.05, 3.63) is 23.3 Å². The molecule has 0 aliphatic heterocycles. The molecule has 1 fully saturated rings. The molecule has 4 atom stereocenters. The van der Waals surface area contributed by atoms with Gasteiger partial charge >= 0.3 is 0 Å². The molecule has 5 heteroatoms. The predicted molar refractivity (Wildman–Crippen MR) is 96.7 cm³/mol. The Balaban J connectivity index is 0.000000671. The number of phenols is 1. The number of hydrogen-bond donors (Lipinski definition) is 3. The van der Waals surface area contributed by atoms with Crippen molar-refractivity contribution in [2.24, 2.45) is 11.7 Å². The van der Waals surface area contributed by atoms with Gasteiger partial charge in [-0.25, -0.2) is 0 Å². The summed E-state index contributed by atoms with van der Waals surface area (Å²) in [6, 6.07) is 3.87. The van der Waals surface area contributed by atoms with E-state index >= 15 is 0 Å². The molecule has 138 valence electrons. The summed E-state index contributed by atoms with van der Waals surface area (Å²) in [6.07, 6.45) is 3.04. The molecule has 0 aromatic heterocycles. The van der Waals surface area contributed by atoms with Crippen LogP contribution in [-0.4, -0.2) is 43.7 Å². The highest BCUT2D eigenvalue weighted by Crippen LogP contribution is 2.50. The first-order valence-electron chi connectivity index (χ1n) is 8.83. The normalized spacial score (nSPS) is 27.5. The summed E-state index contributed by atoms with van der Waals surface area (Å²) in [7, 11) is 4.73. The molecule has 0 radical (unpaired) electrons. The van der Waals surface area contributed by atoms with Gasteiger partial charge in [0.15, 0.2) is 11.5 Å². The summed E-state index contributed by atoms with van der Waals surface area (Å²) in [5.41, 5.74) is 6.67. The van der Waals surface area contributed by atoms with Crippen LogP contribution in [0.3, 0.4) is 0 Å². The zero-order valence-corrected chi connectivity index (χ0v) is 15.6. The van der Waals surface area contributed by atoms with Crippen molar-refractivity contribution in [3.8, 4) is 11.5 Å². The summed E-state index contributed by atoms with van der Waals surface area (Å²) < 4.78 is 10.6. The molecule has 24 heavy (non-hydrogen) atoms. The van der Waals surface area contributed by atoms with Crippen molar-refractivity contribution >= 4 is 0 Å². The largest absolute Gasteiger partial charge is 0.504 e. The van der Waals surface area contributed by atoms with Gasteiger partial charge in [0.05, 0.1) is 19.3 Å². The molecule has 4 unspecified atom stereocenters. The number of nitrogens with two attached hydrogens (primary N) is 1. The van der Waals surface area contributed by atoms with Gasteiger partial charge in [0, 0.05) is 12.7 Å². The summed E-state index contributed by atoms with van der Waals surface area (Å²) in [6.45, 7) is 4.00. The highest BCUT2D eigenvalue weighted by Gasteiger charge is 2.41. The van der Waals surface area contributed by atoms with Crippen LogP contribution in [0.2, 0.25) is 0 Å². The lowest BCUT2D eigenvalue weighted by Gasteiger charge is -2.42. The lowest BCUT2D eigenvalue weighted by molar-refractivity contribution is -0.0600. The fourth-order valence-electron chi connectivity index (χ4n) is 3.92. The predicted octanol–water partition coefficient (Wildman–Crippen LogP) is 2.82. The standard InChI is InChI=1S/C16H22O4.C2H6.CH5N/c1-19-13-6-5-9-3-4-10-7-14(20-2)12(17)8-11(10)15(9)16(13)18;2*1-2/h5-6,10-12,14,17-18H,3-4,7-8H2,1-2H3;1-2H3;2H2,1H3. The molecule has 4 N–H and O–H groups in total. The Bertz CT molecular complexity index is 506. The molecule has 0 saturated heterocycles. The Morgan fingerprint density at radius 3 is 2.38 bits per heavy atom. The van der Waals surface area contributed by atoms with Crippen LogP contribution in [0, 0.1) is 5.92 Å². The number of aryl methyl sites for hydroxylation is 1. The van der Waals surface area contributed by atoms with E-state index in [4.69, 9.17) is 9.47 Å². The van der Waals surface area contributed by atoms with Crippen LogP contribution < -0.4 is 10.5 Å². The fraction of sp³-hybridized carbons (Fsp3) is 0.684. The highest BCUT2D eigenvalue weighted by atomic mass is 16.5. The van der Waals surface area contributed by atoms with Gasteiger partial charge in [-0.2, -0.15) is 0 Å². The van der Waals surface area contributed by atoms with Gasteiger partial charge in [-0.15, -0.1) is 0 Å². The van der Waals surface area contributed by atoms with E-state index < -0.39 is 6.10 Å². The summed E-state index contributed by atoms with van der Waals surface area (Å²) in [4.78, 5) is 0. The van der Waals surface area contributed by atoms with Gasteiger partial charge in [0.1, 0.15) is 0 Å². The van der Waals surface area contributed by atoms with Gasteiger partial charge in [0.2, 0.25) is 0 Å². The second-order valence-corrected chi connectivity index (χ2v) is 5.91. The molecule has 2 aliphatic rings. The van der Waals surface area contributed by atoms with Crippen LogP contribution in [0.5, 0.6) is 11.5 Å². The number of aromatic hydroxyl groups is 1. The minimum absolute atomic E-state index is 0.0782.